The number of esters is 1. The second kappa shape index (κ2) is 8.79. The minimum atomic E-state index is -3.59. The maximum Gasteiger partial charge on any atom is 0.306 e. The number of carbonyl (C=O) groups excluding carboxylic acids is 2. The molecule has 0 heterocycles. The third-order valence-corrected chi connectivity index (χ3v) is 5.10. The zero-order chi connectivity index (χ0) is 18.3. The molecule has 0 fully saturated rings. The summed E-state index contributed by atoms with van der Waals surface area (Å²) in [6.45, 7) is 3.43. The largest absolute Gasteiger partial charge is 0.453 e. The number of anilines is 1. The molecular weight excluding hydrogens is 332 g/mol. The fourth-order valence-electron chi connectivity index (χ4n) is 1.82. The smallest absolute Gasteiger partial charge is 0.306 e. The average molecular weight is 356 g/mol. The van der Waals surface area contributed by atoms with E-state index in [2.05, 4.69) is 5.32 Å². The van der Waals surface area contributed by atoms with Gasteiger partial charge in [-0.25, -0.2) is 12.7 Å². The number of nitrogens with zero attached hydrogens (tertiary/aromatic N) is 1. The van der Waals surface area contributed by atoms with Gasteiger partial charge in [0.2, 0.25) is 10.0 Å². The van der Waals surface area contributed by atoms with Gasteiger partial charge in [-0.3, -0.25) is 9.59 Å². The molecule has 0 bridgehead atoms. The van der Waals surface area contributed by atoms with Gasteiger partial charge in [0, 0.05) is 26.2 Å². The Labute approximate surface area is 143 Å². The van der Waals surface area contributed by atoms with Gasteiger partial charge < -0.3 is 10.1 Å². The topological polar surface area (TPSA) is 92.8 Å². The van der Waals surface area contributed by atoms with Crippen LogP contribution in [0.2, 0.25) is 0 Å². The molecule has 0 radical (unpaired) electrons. The van der Waals surface area contributed by atoms with Gasteiger partial charge in [-0.1, -0.05) is 19.4 Å². The summed E-state index contributed by atoms with van der Waals surface area (Å²) in [5.41, 5.74) is 0.319. The van der Waals surface area contributed by atoms with Crippen LogP contribution >= 0.6 is 0 Å². The van der Waals surface area contributed by atoms with Gasteiger partial charge in [-0.15, -0.1) is 0 Å². The molecule has 0 saturated carbocycles. The first kappa shape index (κ1) is 20.1. The molecule has 0 saturated heterocycles. The summed E-state index contributed by atoms with van der Waals surface area (Å²) in [6, 6.07) is 5.90. The minimum absolute atomic E-state index is 0.0675. The number of carbonyl (C=O) groups is 2. The van der Waals surface area contributed by atoms with E-state index in [4.69, 9.17) is 4.74 Å². The predicted octanol–water partition coefficient (Wildman–Crippen LogP) is 2.00. The summed E-state index contributed by atoms with van der Waals surface area (Å²) in [4.78, 5) is 23.7. The molecule has 1 amide bonds. The third-order valence-electron chi connectivity index (χ3n) is 3.29. The van der Waals surface area contributed by atoms with Crippen molar-refractivity contribution in [1.82, 2.24) is 4.31 Å². The van der Waals surface area contributed by atoms with E-state index < -0.39 is 28.0 Å². The maximum atomic E-state index is 12.1. The van der Waals surface area contributed by atoms with Crippen LogP contribution in [0, 0.1) is 0 Å². The lowest BCUT2D eigenvalue weighted by Gasteiger charge is -2.15. The Morgan fingerprint density at radius 3 is 2.54 bits per heavy atom. The molecule has 0 aromatic heterocycles. The molecule has 0 aliphatic carbocycles. The van der Waals surface area contributed by atoms with Crippen molar-refractivity contribution >= 4 is 27.6 Å². The van der Waals surface area contributed by atoms with Crippen LogP contribution in [0.15, 0.2) is 29.2 Å². The highest BCUT2D eigenvalue weighted by molar-refractivity contribution is 7.89. The molecule has 134 valence electrons. The summed E-state index contributed by atoms with van der Waals surface area (Å²) >= 11 is 0. The fraction of sp³-hybridized carbons (Fsp3) is 0.500. The van der Waals surface area contributed by atoms with Crippen molar-refractivity contribution in [2.24, 2.45) is 0 Å². The van der Waals surface area contributed by atoms with E-state index in [0.717, 1.165) is 10.7 Å². The first-order valence-corrected chi connectivity index (χ1v) is 9.15. The van der Waals surface area contributed by atoms with E-state index in [1.54, 1.807) is 6.07 Å². The van der Waals surface area contributed by atoms with E-state index in [1.165, 1.54) is 39.2 Å². The molecule has 7 nitrogen and oxygen atoms in total. The van der Waals surface area contributed by atoms with E-state index >= 15 is 0 Å². The summed E-state index contributed by atoms with van der Waals surface area (Å²) < 4.78 is 30.3. The van der Waals surface area contributed by atoms with E-state index in [9.17, 15) is 18.0 Å². The maximum absolute atomic E-state index is 12.1. The molecule has 0 unspecified atom stereocenters. The van der Waals surface area contributed by atoms with Crippen LogP contribution in [0.25, 0.3) is 0 Å². The van der Waals surface area contributed by atoms with Crippen molar-refractivity contribution in [2.75, 3.05) is 19.4 Å². The highest BCUT2D eigenvalue weighted by Crippen LogP contribution is 2.18. The van der Waals surface area contributed by atoms with Crippen LogP contribution < -0.4 is 5.32 Å². The van der Waals surface area contributed by atoms with Crippen molar-refractivity contribution in [1.29, 1.82) is 0 Å². The van der Waals surface area contributed by atoms with Crippen molar-refractivity contribution in [3.05, 3.63) is 24.3 Å². The number of sulfonamides is 1. The van der Waals surface area contributed by atoms with Gasteiger partial charge in [-0.05, 0) is 31.5 Å². The second-order valence-electron chi connectivity index (χ2n) is 5.54. The third kappa shape index (κ3) is 5.61. The van der Waals surface area contributed by atoms with Crippen molar-refractivity contribution < 1.29 is 22.7 Å². The van der Waals surface area contributed by atoms with E-state index in [1.807, 2.05) is 6.92 Å². The molecular formula is C16H24N2O5S. The number of benzene rings is 1. The lowest BCUT2D eigenvalue weighted by Crippen LogP contribution is -2.30. The molecule has 1 N–H and O–H groups in total. The van der Waals surface area contributed by atoms with Gasteiger partial charge >= 0.3 is 5.97 Å². The zero-order valence-electron chi connectivity index (χ0n) is 14.4. The van der Waals surface area contributed by atoms with Crippen LogP contribution in [0.5, 0.6) is 0 Å². The molecule has 1 atom stereocenters. The Balaban J connectivity index is 2.76. The Bertz CT molecular complexity index is 685. The van der Waals surface area contributed by atoms with Gasteiger partial charge in [0.05, 0.1) is 4.90 Å². The number of rotatable bonds is 8. The number of hydrogen-bond acceptors (Lipinski definition) is 5. The minimum Gasteiger partial charge on any atom is -0.453 e. The molecule has 1 rings (SSSR count). The summed E-state index contributed by atoms with van der Waals surface area (Å²) in [7, 11) is -0.730. The van der Waals surface area contributed by atoms with Crippen LogP contribution in [0.1, 0.15) is 33.1 Å². The number of hydrogen-bond donors (Lipinski definition) is 1. The number of ether oxygens (including phenoxy) is 1. The summed E-state index contributed by atoms with van der Waals surface area (Å²) in [5, 5.41) is 2.56. The van der Waals surface area contributed by atoms with Gasteiger partial charge in [0.15, 0.2) is 6.10 Å². The Morgan fingerprint density at radius 2 is 1.96 bits per heavy atom. The monoisotopic (exact) mass is 356 g/mol. The fourth-order valence-corrected chi connectivity index (χ4v) is 2.77. The highest BCUT2D eigenvalue weighted by Gasteiger charge is 2.20. The summed E-state index contributed by atoms with van der Waals surface area (Å²) in [6.07, 6.45) is 0.883. The molecule has 24 heavy (non-hydrogen) atoms. The van der Waals surface area contributed by atoms with Gasteiger partial charge in [0.1, 0.15) is 0 Å². The average Bonchev–Trinajstić information content (AvgIpc) is 2.52. The lowest BCUT2D eigenvalue weighted by molar-refractivity contribution is -0.153. The van der Waals surface area contributed by atoms with Crippen molar-refractivity contribution in [3.8, 4) is 0 Å². The van der Waals surface area contributed by atoms with E-state index in [-0.39, 0.29) is 11.3 Å². The normalized spacial score (nSPS) is 12.7. The van der Waals surface area contributed by atoms with Crippen LogP contribution in [0.3, 0.4) is 0 Å². The SMILES string of the molecule is CCCCC(=O)O[C@@H](C)C(=O)Nc1cccc(S(=O)(=O)N(C)C)c1. The van der Waals surface area contributed by atoms with Gasteiger partial charge in [0.25, 0.3) is 5.91 Å². The Hall–Kier alpha value is -1.93. The van der Waals surface area contributed by atoms with E-state index in [0.29, 0.717) is 12.1 Å². The second-order valence-corrected chi connectivity index (χ2v) is 7.69. The quantitative estimate of drug-likeness (QED) is 0.719. The number of unbranched alkanes of at least 4 members (excludes halogenated alkanes) is 1. The standard InChI is InChI=1S/C16H24N2O5S/c1-5-6-10-15(19)23-12(2)16(20)17-13-8-7-9-14(11-13)24(21,22)18(3)4/h7-9,11-12H,5-6,10H2,1-4H3,(H,17,20)/t12-/m0/s1. The predicted molar refractivity (Wildman–Crippen MR) is 91.0 cm³/mol. The van der Waals surface area contributed by atoms with Crippen LogP contribution in [0.4, 0.5) is 5.69 Å². The number of amides is 1. The zero-order valence-corrected chi connectivity index (χ0v) is 15.2. The molecule has 0 spiro atoms. The Kier molecular flexibility index (Phi) is 7.37. The summed E-state index contributed by atoms with van der Waals surface area (Å²) in [5.74, 6) is -0.942. The first-order valence-electron chi connectivity index (χ1n) is 7.71. The first-order chi connectivity index (χ1) is 11.2. The molecule has 0 aliphatic heterocycles. The molecule has 0 aliphatic rings. The lowest BCUT2D eigenvalue weighted by atomic mass is 10.2. The Morgan fingerprint density at radius 1 is 1.29 bits per heavy atom. The molecule has 8 heteroatoms. The highest BCUT2D eigenvalue weighted by atomic mass is 32.2. The van der Waals surface area contributed by atoms with Crippen molar-refractivity contribution in [2.45, 2.75) is 44.1 Å². The van der Waals surface area contributed by atoms with Crippen LogP contribution in [-0.4, -0.2) is 44.8 Å². The molecule has 1 aromatic rings. The van der Waals surface area contributed by atoms with Crippen molar-refractivity contribution in [3.63, 3.8) is 0 Å². The van der Waals surface area contributed by atoms with Gasteiger partial charge in [-0.2, -0.15) is 0 Å². The number of nitrogens with one attached hydrogen (secondary N) is 1. The van der Waals surface area contributed by atoms with Crippen LogP contribution in [-0.2, 0) is 24.3 Å². The molecule has 1 aromatic carbocycles.